The number of sulfonamides is 1. The number of nitrogens with one attached hydrogen (secondary N) is 2. The number of rotatable bonds is 7. The normalized spacial score (nSPS) is 13.7. The molecule has 0 saturated carbocycles. The molecule has 0 bridgehead atoms. The highest BCUT2D eigenvalue weighted by molar-refractivity contribution is 7.91. The van der Waals surface area contributed by atoms with Crippen molar-refractivity contribution in [2.45, 2.75) is 43.6 Å². The van der Waals surface area contributed by atoms with Crippen LogP contribution in [0.25, 0.3) is 0 Å². The van der Waals surface area contributed by atoms with Crippen molar-refractivity contribution in [2.24, 2.45) is 0 Å². The molecule has 0 saturated heterocycles. The van der Waals surface area contributed by atoms with Crippen LogP contribution in [0, 0.1) is 0 Å². The van der Waals surface area contributed by atoms with Gasteiger partial charge in [-0.15, -0.1) is 22.7 Å². The summed E-state index contributed by atoms with van der Waals surface area (Å²) in [4.78, 5) is 2.03. The van der Waals surface area contributed by atoms with Gasteiger partial charge in [-0.2, -0.15) is 0 Å². The van der Waals surface area contributed by atoms with Crippen LogP contribution in [0.2, 0.25) is 0 Å². The SMILES string of the molecule is CC(C)NCc1ccc(S(=O)(=O)NC(C)c2cccs2)s1. The predicted molar refractivity (Wildman–Crippen MR) is 89.4 cm³/mol. The third-order valence-electron chi connectivity index (χ3n) is 2.89. The first-order valence-electron chi connectivity index (χ1n) is 6.76. The number of hydrogen-bond acceptors (Lipinski definition) is 5. The zero-order chi connectivity index (χ0) is 15.5. The molecule has 2 heterocycles. The van der Waals surface area contributed by atoms with Crippen LogP contribution in [0.5, 0.6) is 0 Å². The molecule has 0 fully saturated rings. The third kappa shape index (κ3) is 4.62. The van der Waals surface area contributed by atoms with Crippen molar-refractivity contribution in [3.63, 3.8) is 0 Å². The fourth-order valence-corrected chi connectivity index (χ4v) is 5.14. The summed E-state index contributed by atoms with van der Waals surface area (Å²) in [6.07, 6.45) is 0. The van der Waals surface area contributed by atoms with Gasteiger partial charge in [-0.3, -0.25) is 0 Å². The average molecular weight is 345 g/mol. The van der Waals surface area contributed by atoms with Gasteiger partial charge in [0.2, 0.25) is 0 Å². The molecule has 116 valence electrons. The molecule has 0 radical (unpaired) electrons. The highest BCUT2D eigenvalue weighted by Crippen LogP contribution is 2.25. The molecule has 1 unspecified atom stereocenters. The monoisotopic (exact) mass is 344 g/mol. The van der Waals surface area contributed by atoms with Gasteiger partial charge in [0.25, 0.3) is 10.0 Å². The minimum atomic E-state index is -3.46. The topological polar surface area (TPSA) is 58.2 Å². The molecule has 21 heavy (non-hydrogen) atoms. The molecule has 0 amide bonds. The van der Waals surface area contributed by atoms with Crippen molar-refractivity contribution in [3.05, 3.63) is 39.4 Å². The molecular formula is C14H20N2O2S3. The van der Waals surface area contributed by atoms with E-state index in [1.807, 2.05) is 30.5 Å². The third-order valence-corrected chi connectivity index (χ3v) is 7.06. The Balaban J connectivity index is 2.05. The zero-order valence-electron chi connectivity index (χ0n) is 12.3. The van der Waals surface area contributed by atoms with Crippen LogP contribution in [0.4, 0.5) is 0 Å². The van der Waals surface area contributed by atoms with Crippen molar-refractivity contribution < 1.29 is 8.42 Å². The lowest BCUT2D eigenvalue weighted by Crippen LogP contribution is -2.25. The van der Waals surface area contributed by atoms with E-state index in [1.165, 1.54) is 11.3 Å². The van der Waals surface area contributed by atoms with E-state index >= 15 is 0 Å². The van der Waals surface area contributed by atoms with Crippen LogP contribution in [0.1, 0.15) is 36.6 Å². The van der Waals surface area contributed by atoms with Crippen LogP contribution in [0.3, 0.4) is 0 Å². The summed E-state index contributed by atoms with van der Waals surface area (Å²) in [5.74, 6) is 0. The van der Waals surface area contributed by atoms with Gasteiger partial charge < -0.3 is 5.32 Å². The summed E-state index contributed by atoms with van der Waals surface area (Å²) in [5.41, 5.74) is 0. The second-order valence-electron chi connectivity index (χ2n) is 5.11. The van der Waals surface area contributed by atoms with Gasteiger partial charge in [0.15, 0.2) is 0 Å². The molecule has 7 heteroatoms. The van der Waals surface area contributed by atoms with Crippen molar-refractivity contribution in [3.8, 4) is 0 Å². The van der Waals surface area contributed by atoms with E-state index in [2.05, 4.69) is 23.9 Å². The molecule has 0 aliphatic rings. The van der Waals surface area contributed by atoms with Gasteiger partial charge in [0.1, 0.15) is 4.21 Å². The van der Waals surface area contributed by atoms with Crippen LogP contribution in [-0.4, -0.2) is 14.5 Å². The molecule has 1 atom stereocenters. The smallest absolute Gasteiger partial charge is 0.250 e. The zero-order valence-corrected chi connectivity index (χ0v) is 14.7. The Morgan fingerprint density at radius 3 is 2.57 bits per heavy atom. The second-order valence-corrected chi connectivity index (χ2v) is 9.20. The van der Waals surface area contributed by atoms with E-state index in [0.717, 1.165) is 9.75 Å². The average Bonchev–Trinajstić information content (AvgIpc) is 3.07. The lowest BCUT2D eigenvalue weighted by molar-refractivity contribution is 0.570. The van der Waals surface area contributed by atoms with Gasteiger partial charge >= 0.3 is 0 Å². The van der Waals surface area contributed by atoms with Gasteiger partial charge in [-0.05, 0) is 30.5 Å². The molecule has 2 N–H and O–H groups in total. The van der Waals surface area contributed by atoms with E-state index in [4.69, 9.17) is 0 Å². The van der Waals surface area contributed by atoms with Gasteiger partial charge in [0, 0.05) is 22.3 Å². The van der Waals surface area contributed by atoms with Crippen molar-refractivity contribution >= 4 is 32.7 Å². The fourth-order valence-electron chi connectivity index (χ4n) is 1.79. The quantitative estimate of drug-likeness (QED) is 0.810. The van der Waals surface area contributed by atoms with Crippen LogP contribution in [-0.2, 0) is 16.6 Å². The van der Waals surface area contributed by atoms with Crippen LogP contribution < -0.4 is 10.0 Å². The highest BCUT2D eigenvalue weighted by atomic mass is 32.2. The summed E-state index contributed by atoms with van der Waals surface area (Å²) < 4.78 is 27.8. The lowest BCUT2D eigenvalue weighted by Gasteiger charge is -2.11. The summed E-state index contributed by atoms with van der Waals surface area (Å²) in [7, 11) is -3.46. The van der Waals surface area contributed by atoms with Crippen LogP contribution >= 0.6 is 22.7 Å². The summed E-state index contributed by atoms with van der Waals surface area (Å²) in [5, 5.41) is 5.23. The summed E-state index contributed by atoms with van der Waals surface area (Å²) in [6.45, 7) is 6.68. The van der Waals surface area contributed by atoms with E-state index in [1.54, 1.807) is 17.4 Å². The Morgan fingerprint density at radius 2 is 1.95 bits per heavy atom. The minimum absolute atomic E-state index is 0.214. The second kappa shape index (κ2) is 7.02. The maximum absolute atomic E-state index is 12.4. The predicted octanol–water partition coefficient (Wildman–Crippen LogP) is 3.35. The number of hydrogen-bond donors (Lipinski definition) is 2. The van der Waals surface area contributed by atoms with Crippen LogP contribution in [0.15, 0.2) is 33.9 Å². The molecule has 0 aliphatic carbocycles. The Bertz CT molecular complexity index is 660. The molecule has 2 aromatic rings. The standard InChI is InChI=1S/C14H20N2O2S3/c1-10(2)15-9-12-6-7-14(20-12)21(17,18)16-11(3)13-5-4-8-19-13/h4-8,10-11,15-16H,9H2,1-3H3. The first-order valence-corrected chi connectivity index (χ1v) is 9.94. The lowest BCUT2D eigenvalue weighted by atomic mass is 10.3. The maximum atomic E-state index is 12.4. The van der Waals surface area contributed by atoms with Gasteiger partial charge in [-0.25, -0.2) is 13.1 Å². The largest absolute Gasteiger partial charge is 0.310 e. The first kappa shape index (κ1) is 16.6. The minimum Gasteiger partial charge on any atom is -0.310 e. The van der Waals surface area contributed by atoms with E-state index in [-0.39, 0.29) is 6.04 Å². The molecule has 2 aromatic heterocycles. The van der Waals surface area contributed by atoms with E-state index < -0.39 is 10.0 Å². The maximum Gasteiger partial charge on any atom is 0.250 e. The Morgan fingerprint density at radius 1 is 1.19 bits per heavy atom. The van der Waals surface area contributed by atoms with E-state index in [0.29, 0.717) is 16.8 Å². The summed E-state index contributed by atoms with van der Waals surface area (Å²) >= 11 is 2.86. The Hall–Kier alpha value is -0.730. The highest BCUT2D eigenvalue weighted by Gasteiger charge is 2.20. The van der Waals surface area contributed by atoms with Crippen molar-refractivity contribution in [1.29, 1.82) is 0 Å². The fraction of sp³-hybridized carbons (Fsp3) is 0.429. The van der Waals surface area contributed by atoms with E-state index in [9.17, 15) is 8.42 Å². The van der Waals surface area contributed by atoms with Gasteiger partial charge in [0.05, 0.1) is 6.04 Å². The van der Waals surface area contributed by atoms with Crippen molar-refractivity contribution in [2.75, 3.05) is 0 Å². The summed E-state index contributed by atoms with van der Waals surface area (Å²) in [6, 6.07) is 7.56. The molecule has 0 aliphatic heterocycles. The molecule has 2 rings (SSSR count). The Kier molecular flexibility index (Phi) is 5.56. The van der Waals surface area contributed by atoms with Gasteiger partial charge in [-0.1, -0.05) is 19.9 Å². The van der Waals surface area contributed by atoms with Crippen molar-refractivity contribution in [1.82, 2.24) is 10.0 Å². The molecule has 4 nitrogen and oxygen atoms in total. The first-order chi connectivity index (χ1) is 9.88. The number of thiophene rings is 2. The molecular weight excluding hydrogens is 324 g/mol. The molecule has 0 aromatic carbocycles. The molecule has 0 spiro atoms. The Labute approximate surface area is 134 Å².